The van der Waals surface area contributed by atoms with E-state index in [1.165, 1.54) is 6.07 Å². The molecule has 2 N–H and O–H groups in total. The molecule has 0 radical (unpaired) electrons. The quantitative estimate of drug-likeness (QED) is 0.920. The maximum Gasteiger partial charge on any atom is 0.244 e. The minimum absolute atomic E-state index is 0.115. The zero-order valence-electron chi connectivity index (χ0n) is 11.6. The van der Waals surface area contributed by atoms with Crippen molar-refractivity contribution < 1.29 is 9.18 Å². The summed E-state index contributed by atoms with van der Waals surface area (Å²) in [5.74, 6) is -0.303. The monoisotopic (exact) mass is 284 g/mol. The van der Waals surface area contributed by atoms with E-state index in [1.807, 2.05) is 36.4 Å². The molecule has 1 heterocycles. The summed E-state index contributed by atoms with van der Waals surface area (Å²) in [7, 11) is 0. The number of rotatable bonds is 2. The lowest BCUT2D eigenvalue weighted by Crippen LogP contribution is -2.41. The zero-order valence-corrected chi connectivity index (χ0v) is 11.6. The van der Waals surface area contributed by atoms with Gasteiger partial charge < -0.3 is 10.6 Å². The van der Waals surface area contributed by atoms with Crippen molar-refractivity contribution in [3.8, 4) is 0 Å². The van der Waals surface area contributed by atoms with E-state index in [0.29, 0.717) is 19.5 Å². The second-order valence-electron chi connectivity index (χ2n) is 5.28. The van der Waals surface area contributed by atoms with Gasteiger partial charge in [0.2, 0.25) is 5.91 Å². The molecule has 0 aromatic heterocycles. The van der Waals surface area contributed by atoms with Crippen molar-refractivity contribution in [2.75, 3.05) is 6.54 Å². The fraction of sp³-hybridized carbons (Fsp3) is 0.235. The van der Waals surface area contributed by atoms with E-state index in [2.05, 4.69) is 0 Å². The minimum Gasteiger partial charge on any atom is -0.336 e. The highest BCUT2D eigenvalue weighted by atomic mass is 19.1. The molecule has 21 heavy (non-hydrogen) atoms. The Morgan fingerprint density at radius 1 is 1.14 bits per heavy atom. The highest BCUT2D eigenvalue weighted by Gasteiger charge is 2.26. The summed E-state index contributed by atoms with van der Waals surface area (Å²) in [5, 5.41) is 0. The molecule has 1 aliphatic rings. The van der Waals surface area contributed by atoms with Crippen LogP contribution >= 0.6 is 0 Å². The van der Waals surface area contributed by atoms with Gasteiger partial charge in [-0.2, -0.15) is 0 Å². The van der Waals surface area contributed by atoms with E-state index in [-0.39, 0.29) is 11.7 Å². The number of carbonyl (C=O) groups is 1. The molecule has 0 bridgehead atoms. The summed E-state index contributed by atoms with van der Waals surface area (Å²) in [6.07, 6.45) is 0.537. The number of hydrogen-bond donors (Lipinski definition) is 1. The second-order valence-corrected chi connectivity index (χ2v) is 5.28. The Morgan fingerprint density at radius 3 is 2.67 bits per heavy atom. The number of carbonyl (C=O) groups excluding carboxylic acids is 1. The van der Waals surface area contributed by atoms with Crippen LogP contribution in [0.5, 0.6) is 0 Å². The zero-order chi connectivity index (χ0) is 14.8. The Hall–Kier alpha value is -2.20. The van der Waals surface area contributed by atoms with Crippen molar-refractivity contribution >= 4 is 5.91 Å². The molecular formula is C17H17FN2O. The third kappa shape index (κ3) is 2.67. The largest absolute Gasteiger partial charge is 0.336 e. The maximum absolute atomic E-state index is 13.7. The number of nitrogens with zero attached hydrogens (tertiary/aromatic N) is 1. The lowest BCUT2D eigenvalue weighted by molar-refractivity contribution is -0.133. The van der Waals surface area contributed by atoms with Crippen molar-refractivity contribution in [3.63, 3.8) is 0 Å². The molecule has 1 aliphatic heterocycles. The van der Waals surface area contributed by atoms with Gasteiger partial charge in [-0.1, -0.05) is 42.5 Å². The first kappa shape index (κ1) is 13.8. The molecule has 0 spiro atoms. The second kappa shape index (κ2) is 5.66. The molecule has 108 valence electrons. The third-order valence-electron chi connectivity index (χ3n) is 3.95. The lowest BCUT2D eigenvalue weighted by atomic mass is 9.98. The Labute approximate surface area is 123 Å². The molecule has 1 unspecified atom stereocenters. The molecule has 3 rings (SSSR count). The number of fused-ring (bicyclic) bond motifs is 1. The van der Waals surface area contributed by atoms with Gasteiger partial charge in [-0.05, 0) is 29.2 Å². The van der Waals surface area contributed by atoms with E-state index in [9.17, 15) is 9.18 Å². The Balaban J connectivity index is 1.78. The standard InChI is InChI=1S/C17H17FN2O/c18-15-8-4-7-13-11-20(10-9-14(13)15)17(21)16(19)12-5-2-1-3-6-12/h1-8,16H,9-11,19H2. The van der Waals surface area contributed by atoms with Crippen LogP contribution in [0.25, 0.3) is 0 Å². The number of hydrogen-bond acceptors (Lipinski definition) is 2. The molecular weight excluding hydrogens is 267 g/mol. The van der Waals surface area contributed by atoms with Crippen LogP contribution in [-0.4, -0.2) is 17.4 Å². The number of benzene rings is 2. The average Bonchev–Trinajstić information content (AvgIpc) is 2.54. The minimum atomic E-state index is -0.665. The summed E-state index contributed by atoms with van der Waals surface area (Å²) >= 11 is 0. The summed E-state index contributed by atoms with van der Waals surface area (Å²) in [6, 6.07) is 13.7. The Kier molecular flexibility index (Phi) is 3.71. The van der Waals surface area contributed by atoms with Crippen LogP contribution in [0.1, 0.15) is 22.7 Å². The van der Waals surface area contributed by atoms with E-state index in [4.69, 9.17) is 5.73 Å². The molecule has 0 aliphatic carbocycles. The molecule has 1 atom stereocenters. The predicted molar refractivity (Wildman–Crippen MR) is 78.9 cm³/mol. The molecule has 3 nitrogen and oxygen atoms in total. The van der Waals surface area contributed by atoms with Crippen LogP contribution in [0.2, 0.25) is 0 Å². The van der Waals surface area contributed by atoms with Gasteiger partial charge in [0.25, 0.3) is 0 Å². The SMILES string of the molecule is NC(C(=O)N1CCc2c(F)cccc2C1)c1ccccc1. The van der Waals surface area contributed by atoms with Gasteiger partial charge in [-0.15, -0.1) is 0 Å². The molecule has 1 amide bonds. The van der Waals surface area contributed by atoms with Crippen molar-refractivity contribution in [2.45, 2.75) is 19.0 Å². The molecule has 0 saturated carbocycles. The Bertz CT molecular complexity index is 657. The number of halogens is 1. The molecule has 0 fully saturated rings. The van der Waals surface area contributed by atoms with Gasteiger partial charge in [0.1, 0.15) is 11.9 Å². The first-order valence-electron chi connectivity index (χ1n) is 7.02. The summed E-state index contributed by atoms with van der Waals surface area (Å²) in [6.45, 7) is 0.930. The van der Waals surface area contributed by atoms with Crippen molar-refractivity contribution in [3.05, 3.63) is 71.0 Å². The highest BCUT2D eigenvalue weighted by molar-refractivity contribution is 5.83. The fourth-order valence-electron chi connectivity index (χ4n) is 2.75. The lowest BCUT2D eigenvalue weighted by Gasteiger charge is -2.31. The van der Waals surface area contributed by atoms with Gasteiger partial charge >= 0.3 is 0 Å². The van der Waals surface area contributed by atoms with Crippen LogP contribution < -0.4 is 5.73 Å². The van der Waals surface area contributed by atoms with Crippen LogP contribution in [0.3, 0.4) is 0 Å². The van der Waals surface area contributed by atoms with Crippen LogP contribution in [-0.2, 0) is 17.8 Å². The van der Waals surface area contributed by atoms with Crippen molar-refractivity contribution in [2.24, 2.45) is 5.73 Å². The van der Waals surface area contributed by atoms with E-state index in [0.717, 1.165) is 16.7 Å². The summed E-state index contributed by atoms with van der Waals surface area (Å²) in [4.78, 5) is 14.2. The number of amides is 1. The maximum atomic E-state index is 13.7. The fourth-order valence-corrected chi connectivity index (χ4v) is 2.75. The van der Waals surface area contributed by atoms with Crippen molar-refractivity contribution in [1.29, 1.82) is 0 Å². The normalized spacial score (nSPS) is 15.4. The first-order chi connectivity index (χ1) is 10.2. The third-order valence-corrected chi connectivity index (χ3v) is 3.95. The van der Waals surface area contributed by atoms with E-state index >= 15 is 0 Å². The topological polar surface area (TPSA) is 46.3 Å². The average molecular weight is 284 g/mol. The van der Waals surface area contributed by atoms with Gasteiger partial charge in [0.15, 0.2) is 0 Å². The molecule has 4 heteroatoms. The smallest absolute Gasteiger partial charge is 0.244 e. The molecule has 0 saturated heterocycles. The van der Waals surface area contributed by atoms with Crippen LogP contribution in [0, 0.1) is 5.82 Å². The van der Waals surface area contributed by atoms with Gasteiger partial charge in [0.05, 0.1) is 0 Å². The Morgan fingerprint density at radius 2 is 1.90 bits per heavy atom. The van der Waals surface area contributed by atoms with Gasteiger partial charge in [-0.25, -0.2) is 4.39 Å². The molecule has 2 aromatic rings. The van der Waals surface area contributed by atoms with E-state index < -0.39 is 6.04 Å². The summed E-state index contributed by atoms with van der Waals surface area (Å²) in [5.41, 5.74) is 8.44. The first-order valence-corrected chi connectivity index (χ1v) is 7.02. The van der Waals surface area contributed by atoms with Gasteiger partial charge in [-0.3, -0.25) is 4.79 Å². The predicted octanol–water partition coefficient (Wildman–Crippen LogP) is 2.41. The van der Waals surface area contributed by atoms with Gasteiger partial charge in [0, 0.05) is 13.1 Å². The van der Waals surface area contributed by atoms with Crippen LogP contribution in [0.15, 0.2) is 48.5 Å². The van der Waals surface area contributed by atoms with Crippen molar-refractivity contribution in [1.82, 2.24) is 4.90 Å². The molecule has 2 aromatic carbocycles. The number of nitrogens with two attached hydrogens (primary N) is 1. The van der Waals surface area contributed by atoms with E-state index in [1.54, 1.807) is 11.0 Å². The van der Waals surface area contributed by atoms with Crippen LogP contribution in [0.4, 0.5) is 4.39 Å². The highest BCUT2D eigenvalue weighted by Crippen LogP contribution is 2.23. The summed E-state index contributed by atoms with van der Waals surface area (Å²) < 4.78 is 13.7.